The molecule has 0 amide bonds. The second-order valence-corrected chi connectivity index (χ2v) is 5.78. The fourth-order valence-corrected chi connectivity index (χ4v) is 2.70. The van der Waals surface area contributed by atoms with Crippen LogP contribution in [0, 0.1) is 6.92 Å². The molecule has 1 aromatic heterocycles. The van der Waals surface area contributed by atoms with E-state index in [4.69, 9.17) is 9.72 Å². The van der Waals surface area contributed by atoms with Gasteiger partial charge in [-0.05, 0) is 39.0 Å². The highest BCUT2D eigenvalue weighted by molar-refractivity contribution is 5.57. The summed E-state index contributed by atoms with van der Waals surface area (Å²) in [5, 5.41) is 6.64. The molecule has 0 spiro atoms. The van der Waals surface area contributed by atoms with Crippen LogP contribution in [0.5, 0.6) is 0 Å². The first-order valence-electron chi connectivity index (χ1n) is 7.69. The van der Waals surface area contributed by atoms with Crippen molar-refractivity contribution in [3.63, 3.8) is 0 Å². The van der Waals surface area contributed by atoms with Crippen molar-refractivity contribution in [2.45, 2.75) is 51.0 Å². The standard InChI is InChI=1S/C15H24N4O/c1-10-13(16-2)18-15(11-5-6-11)19-14(10)17-8-7-12-4-3-9-20-12/h11-12H,3-9H2,1-2H3,(H2,16,17,18,19). The molecule has 2 heterocycles. The van der Waals surface area contributed by atoms with Gasteiger partial charge in [0.05, 0.1) is 6.10 Å². The minimum atomic E-state index is 0.427. The lowest BCUT2D eigenvalue weighted by Gasteiger charge is -2.15. The van der Waals surface area contributed by atoms with E-state index < -0.39 is 0 Å². The van der Waals surface area contributed by atoms with Gasteiger partial charge in [-0.15, -0.1) is 0 Å². The number of nitrogens with zero attached hydrogens (tertiary/aromatic N) is 2. The van der Waals surface area contributed by atoms with Crippen LogP contribution in [0.25, 0.3) is 0 Å². The number of hydrogen-bond donors (Lipinski definition) is 2. The average molecular weight is 276 g/mol. The zero-order valence-corrected chi connectivity index (χ0v) is 12.4. The van der Waals surface area contributed by atoms with Crippen LogP contribution in [-0.2, 0) is 4.74 Å². The smallest absolute Gasteiger partial charge is 0.136 e. The molecule has 2 fully saturated rings. The molecule has 1 saturated carbocycles. The van der Waals surface area contributed by atoms with Gasteiger partial charge in [0.25, 0.3) is 0 Å². The van der Waals surface area contributed by atoms with Gasteiger partial charge in [-0.25, -0.2) is 9.97 Å². The van der Waals surface area contributed by atoms with E-state index >= 15 is 0 Å². The number of nitrogens with one attached hydrogen (secondary N) is 2. The molecular weight excluding hydrogens is 252 g/mol. The Kier molecular flexibility index (Phi) is 4.05. The van der Waals surface area contributed by atoms with Crippen molar-refractivity contribution in [1.29, 1.82) is 0 Å². The normalized spacial score (nSPS) is 22.0. The lowest BCUT2D eigenvalue weighted by Crippen LogP contribution is -2.15. The summed E-state index contributed by atoms with van der Waals surface area (Å²) < 4.78 is 5.65. The zero-order valence-electron chi connectivity index (χ0n) is 12.4. The summed E-state index contributed by atoms with van der Waals surface area (Å²) in [5.74, 6) is 3.48. The summed E-state index contributed by atoms with van der Waals surface area (Å²) in [6.45, 7) is 3.90. The van der Waals surface area contributed by atoms with Crippen LogP contribution >= 0.6 is 0 Å². The maximum Gasteiger partial charge on any atom is 0.136 e. The zero-order chi connectivity index (χ0) is 13.9. The van der Waals surface area contributed by atoms with E-state index in [2.05, 4.69) is 22.5 Å². The first-order chi connectivity index (χ1) is 9.78. The van der Waals surface area contributed by atoms with Crippen molar-refractivity contribution in [3.05, 3.63) is 11.4 Å². The molecule has 3 rings (SSSR count). The first-order valence-corrected chi connectivity index (χ1v) is 7.69. The molecule has 1 unspecified atom stereocenters. The third kappa shape index (κ3) is 3.03. The molecule has 1 saturated heterocycles. The fourth-order valence-electron chi connectivity index (χ4n) is 2.70. The third-order valence-corrected chi connectivity index (χ3v) is 4.13. The van der Waals surface area contributed by atoms with Gasteiger partial charge in [-0.1, -0.05) is 0 Å². The van der Waals surface area contributed by atoms with Crippen molar-refractivity contribution < 1.29 is 4.74 Å². The maximum atomic E-state index is 5.65. The molecule has 5 nitrogen and oxygen atoms in total. The fraction of sp³-hybridized carbons (Fsp3) is 0.733. The van der Waals surface area contributed by atoms with E-state index in [0.29, 0.717) is 12.0 Å². The van der Waals surface area contributed by atoms with Crippen LogP contribution in [-0.4, -0.2) is 36.3 Å². The van der Waals surface area contributed by atoms with Gasteiger partial charge in [0.2, 0.25) is 0 Å². The lowest BCUT2D eigenvalue weighted by molar-refractivity contribution is 0.107. The Labute approximate surface area is 120 Å². The van der Waals surface area contributed by atoms with Gasteiger partial charge in [0.15, 0.2) is 0 Å². The molecule has 110 valence electrons. The summed E-state index contributed by atoms with van der Waals surface area (Å²) in [4.78, 5) is 9.32. The summed E-state index contributed by atoms with van der Waals surface area (Å²) in [7, 11) is 1.92. The molecule has 1 atom stereocenters. The van der Waals surface area contributed by atoms with Gasteiger partial charge < -0.3 is 15.4 Å². The largest absolute Gasteiger partial charge is 0.378 e. The molecule has 1 aromatic rings. The lowest BCUT2D eigenvalue weighted by atomic mass is 10.2. The monoisotopic (exact) mass is 276 g/mol. The second-order valence-electron chi connectivity index (χ2n) is 5.78. The number of rotatable bonds is 6. The second kappa shape index (κ2) is 5.95. The third-order valence-electron chi connectivity index (χ3n) is 4.13. The van der Waals surface area contributed by atoms with E-state index in [1.54, 1.807) is 0 Å². The van der Waals surface area contributed by atoms with Crippen LogP contribution in [0.1, 0.15) is 49.4 Å². The summed E-state index contributed by atoms with van der Waals surface area (Å²) in [6.07, 6.45) is 6.32. The Balaban J connectivity index is 1.65. The van der Waals surface area contributed by atoms with Crippen molar-refractivity contribution in [3.8, 4) is 0 Å². The Bertz CT molecular complexity index is 467. The Morgan fingerprint density at radius 2 is 2.00 bits per heavy atom. The molecule has 0 radical (unpaired) electrons. The molecule has 5 heteroatoms. The van der Waals surface area contributed by atoms with E-state index in [1.165, 1.54) is 25.7 Å². The Morgan fingerprint density at radius 1 is 1.20 bits per heavy atom. The quantitative estimate of drug-likeness (QED) is 0.836. The molecule has 1 aliphatic heterocycles. The van der Waals surface area contributed by atoms with E-state index in [-0.39, 0.29) is 0 Å². The van der Waals surface area contributed by atoms with Crippen LogP contribution in [0.15, 0.2) is 0 Å². The Morgan fingerprint density at radius 3 is 2.65 bits per heavy atom. The molecule has 1 aliphatic carbocycles. The van der Waals surface area contributed by atoms with Gasteiger partial charge >= 0.3 is 0 Å². The van der Waals surface area contributed by atoms with Crippen molar-refractivity contribution in [2.24, 2.45) is 0 Å². The minimum Gasteiger partial charge on any atom is -0.378 e. The number of hydrogen-bond acceptors (Lipinski definition) is 5. The SMILES string of the molecule is CNc1nc(C2CC2)nc(NCCC2CCCO2)c1C. The predicted octanol–water partition coefficient (Wildman–Crippen LogP) is 2.69. The molecule has 0 aromatic carbocycles. The minimum absolute atomic E-state index is 0.427. The summed E-state index contributed by atoms with van der Waals surface area (Å²) >= 11 is 0. The topological polar surface area (TPSA) is 59.1 Å². The summed E-state index contributed by atoms with van der Waals surface area (Å²) in [6, 6.07) is 0. The highest BCUT2D eigenvalue weighted by Crippen LogP contribution is 2.39. The van der Waals surface area contributed by atoms with Crippen LogP contribution in [0.3, 0.4) is 0 Å². The highest BCUT2D eigenvalue weighted by Gasteiger charge is 2.28. The molecule has 0 bridgehead atoms. The number of aromatic nitrogens is 2. The molecule has 2 N–H and O–H groups in total. The van der Waals surface area contributed by atoms with E-state index in [9.17, 15) is 0 Å². The summed E-state index contributed by atoms with van der Waals surface area (Å²) in [5.41, 5.74) is 1.10. The molecular formula is C15H24N4O. The number of ether oxygens (including phenoxy) is 1. The van der Waals surface area contributed by atoms with Crippen molar-refractivity contribution >= 4 is 11.6 Å². The predicted molar refractivity (Wildman–Crippen MR) is 80.4 cm³/mol. The van der Waals surface area contributed by atoms with Crippen molar-refractivity contribution in [2.75, 3.05) is 30.8 Å². The van der Waals surface area contributed by atoms with Gasteiger partial charge in [0, 0.05) is 31.7 Å². The average Bonchev–Trinajstić information content (AvgIpc) is 3.18. The van der Waals surface area contributed by atoms with E-state index in [0.717, 1.165) is 42.6 Å². The highest BCUT2D eigenvalue weighted by atomic mass is 16.5. The van der Waals surface area contributed by atoms with E-state index in [1.807, 2.05) is 7.05 Å². The van der Waals surface area contributed by atoms with Crippen LogP contribution in [0.4, 0.5) is 11.6 Å². The maximum absolute atomic E-state index is 5.65. The van der Waals surface area contributed by atoms with Crippen molar-refractivity contribution in [1.82, 2.24) is 9.97 Å². The van der Waals surface area contributed by atoms with Gasteiger partial charge in [-0.3, -0.25) is 0 Å². The number of anilines is 2. The van der Waals surface area contributed by atoms with Crippen LogP contribution in [0.2, 0.25) is 0 Å². The van der Waals surface area contributed by atoms with Gasteiger partial charge in [0.1, 0.15) is 17.5 Å². The van der Waals surface area contributed by atoms with Gasteiger partial charge in [-0.2, -0.15) is 0 Å². The first kappa shape index (κ1) is 13.6. The molecule has 2 aliphatic rings. The Hall–Kier alpha value is -1.36. The molecule has 20 heavy (non-hydrogen) atoms. The van der Waals surface area contributed by atoms with Crippen LogP contribution < -0.4 is 10.6 Å².